The molecule has 1 heteroatoms. The maximum atomic E-state index is 4.20. The lowest BCUT2D eigenvalue weighted by Crippen LogP contribution is -2.25. The van der Waals surface area contributed by atoms with Crippen molar-refractivity contribution in [3.63, 3.8) is 0 Å². The summed E-state index contributed by atoms with van der Waals surface area (Å²) >= 11 is 0. The Morgan fingerprint density at radius 2 is 1.55 bits per heavy atom. The van der Waals surface area contributed by atoms with Crippen molar-refractivity contribution in [1.29, 1.82) is 0 Å². The molecule has 1 aromatic heterocycles. The first-order valence-corrected chi connectivity index (χ1v) is 8.54. The van der Waals surface area contributed by atoms with Crippen LogP contribution < -0.4 is 0 Å². The molecular weight excluding hydrogens is 266 g/mol. The number of nitrogens with zero attached hydrogens (tertiary/aromatic N) is 1. The van der Waals surface area contributed by atoms with Crippen LogP contribution >= 0.6 is 0 Å². The minimum atomic E-state index is 0.467. The summed E-state index contributed by atoms with van der Waals surface area (Å²) in [5.41, 5.74) is 4.44. The molecule has 0 radical (unpaired) electrons. The van der Waals surface area contributed by atoms with Gasteiger partial charge in [-0.15, -0.1) is 0 Å². The highest BCUT2D eigenvalue weighted by Gasteiger charge is 2.30. The van der Waals surface area contributed by atoms with Crippen LogP contribution in [-0.4, -0.2) is 4.98 Å². The van der Waals surface area contributed by atoms with Crippen molar-refractivity contribution in [3.8, 4) is 11.1 Å². The van der Waals surface area contributed by atoms with Gasteiger partial charge in [-0.3, -0.25) is 4.98 Å². The molecule has 1 saturated carbocycles. The fraction of sp³-hybridized carbons (Fsp3) is 0.476. The molecule has 116 valence electrons. The third kappa shape index (κ3) is 3.40. The van der Waals surface area contributed by atoms with Crippen molar-refractivity contribution in [2.45, 2.75) is 52.4 Å². The fourth-order valence-electron chi connectivity index (χ4n) is 3.77. The van der Waals surface area contributed by atoms with Gasteiger partial charge < -0.3 is 0 Å². The molecule has 0 N–H and O–H groups in total. The van der Waals surface area contributed by atoms with Crippen molar-refractivity contribution in [2.75, 3.05) is 0 Å². The van der Waals surface area contributed by atoms with Crippen molar-refractivity contribution >= 4 is 0 Å². The quantitative estimate of drug-likeness (QED) is 0.655. The summed E-state index contributed by atoms with van der Waals surface area (Å²) in [6.07, 6.45) is 9.19. The van der Waals surface area contributed by atoms with E-state index < -0.39 is 0 Å². The SMILES string of the molecule is CC(C)(C)C1CCC(c2ccc(-c3cccnc3)cc2)CC1. The van der Waals surface area contributed by atoms with E-state index in [-0.39, 0.29) is 0 Å². The molecule has 1 fully saturated rings. The van der Waals surface area contributed by atoms with Gasteiger partial charge in [0.15, 0.2) is 0 Å². The second-order valence-electron chi connectivity index (χ2n) is 7.78. The van der Waals surface area contributed by atoms with E-state index in [1.165, 1.54) is 42.4 Å². The normalized spacial score (nSPS) is 22.5. The predicted molar refractivity (Wildman–Crippen MR) is 93.8 cm³/mol. The fourth-order valence-corrected chi connectivity index (χ4v) is 3.77. The molecule has 0 saturated heterocycles. The Morgan fingerprint density at radius 3 is 2.09 bits per heavy atom. The van der Waals surface area contributed by atoms with Gasteiger partial charge >= 0.3 is 0 Å². The van der Waals surface area contributed by atoms with Crippen LogP contribution in [0.25, 0.3) is 11.1 Å². The maximum Gasteiger partial charge on any atom is 0.0346 e. The van der Waals surface area contributed by atoms with E-state index in [2.05, 4.69) is 56.1 Å². The third-order valence-electron chi connectivity index (χ3n) is 5.33. The van der Waals surface area contributed by atoms with Crippen LogP contribution in [0.15, 0.2) is 48.8 Å². The average Bonchev–Trinajstić information content (AvgIpc) is 2.55. The molecule has 1 aromatic carbocycles. The zero-order chi connectivity index (χ0) is 15.6. The van der Waals surface area contributed by atoms with Crippen LogP contribution in [0.3, 0.4) is 0 Å². The number of aromatic nitrogens is 1. The lowest BCUT2D eigenvalue weighted by Gasteiger charge is -2.37. The number of benzene rings is 1. The summed E-state index contributed by atoms with van der Waals surface area (Å²) in [6, 6.07) is 13.3. The van der Waals surface area contributed by atoms with Crippen LogP contribution in [0.1, 0.15) is 57.9 Å². The van der Waals surface area contributed by atoms with Crippen molar-refractivity contribution in [3.05, 3.63) is 54.4 Å². The molecule has 0 aliphatic heterocycles. The second-order valence-corrected chi connectivity index (χ2v) is 7.78. The molecule has 0 amide bonds. The monoisotopic (exact) mass is 293 g/mol. The number of pyridine rings is 1. The summed E-state index contributed by atoms with van der Waals surface area (Å²) < 4.78 is 0. The predicted octanol–water partition coefficient (Wildman–Crippen LogP) is 6.07. The van der Waals surface area contributed by atoms with Crippen LogP contribution in [0.2, 0.25) is 0 Å². The van der Waals surface area contributed by atoms with Crippen LogP contribution in [0.4, 0.5) is 0 Å². The van der Waals surface area contributed by atoms with Gasteiger partial charge in [0.2, 0.25) is 0 Å². The van der Waals surface area contributed by atoms with E-state index in [0.717, 1.165) is 11.8 Å². The molecule has 0 unspecified atom stereocenters. The van der Waals surface area contributed by atoms with Gasteiger partial charge in [0.05, 0.1) is 0 Å². The number of rotatable bonds is 2. The summed E-state index contributed by atoms with van der Waals surface area (Å²) in [7, 11) is 0. The van der Waals surface area contributed by atoms with Crippen molar-refractivity contribution in [1.82, 2.24) is 4.98 Å². The summed E-state index contributed by atoms with van der Waals surface area (Å²) in [5, 5.41) is 0. The van der Waals surface area contributed by atoms with Crippen LogP contribution in [0.5, 0.6) is 0 Å². The summed E-state index contributed by atoms with van der Waals surface area (Å²) in [6.45, 7) is 7.17. The van der Waals surface area contributed by atoms with Gasteiger partial charge in [0.1, 0.15) is 0 Å². The Balaban J connectivity index is 1.67. The molecule has 0 atom stereocenters. The Hall–Kier alpha value is -1.63. The minimum absolute atomic E-state index is 0.467. The van der Waals surface area contributed by atoms with E-state index in [1.54, 1.807) is 0 Å². The Bertz CT molecular complexity index is 584. The molecule has 1 nitrogen and oxygen atoms in total. The third-order valence-corrected chi connectivity index (χ3v) is 5.33. The first kappa shape index (κ1) is 15.3. The Kier molecular flexibility index (Phi) is 4.33. The van der Waals surface area contributed by atoms with E-state index >= 15 is 0 Å². The Morgan fingerprint density at radius 1 is 0.864 bits per heavy atom. The molecule has 1 aliphatic carbocycles. The molecule has 22 heavy (non-hydrogen) atoms. The number of hydrogen-bond donors (Lipinski definition) is 0. The topological polar surface area (TPSA) is 12.9 Å². The smallest absolute Gasteiger partial charge is 0.0346 e. The molecule has 1 aliphatic rings. The van der Waals surface area contributed by atoms with E-state index in [9.17, 15) is 0 Å². The van der Waals surface area contributed by atoms with Gasteiger partial charge in [0.25, 0.3) is 0 Å². The van der Waals surface area contributed by atoms with Crippen molar-refractivity contribution < 1.29 is 0 Å². The number of hydrogen-bond acceptors (Lipinski definition) is 1. The van der Waals surface area contributed by atoms with Gasteiger partial charge in [-0.05, 0) is 65.7 Å². The zero-order valence-corrected chi connectivity index (χ0v) is 14.0. The van der Waals surface area contributed by atoms with Gasteiger partial charge in [-0.25, -0.2) is 0 Å². The molecule has 2 aromatic rings. The maximum absolute atomic E-state index is 4.20. The van der Waals surface area contributed by atoms with E-state index in [4.69, 9.17) is 0 Å². The average molecular weight is 293 g/mol. The highest BCUT2D eigenvalue weighted by atomic mass is 14.6. The first-order chi connectivity index (χ1) is 10.5. The van der Waals surface area contributed by atoms with Crippen LogP contribution in [-0.2, 0) is 0 Å². The Labute approximate surface area is 134 Å². The van der Waals surface area contributed by atoms with Crippen molar-refractivity contribution in [2.24, 2.45) is 11.3 Å². The van der Waals surface area contributed by atoms with Gasteiger partial charge in [-0.2, -0.15) is 0 Å². The van der Waals surface area contributed by atoms with E-state index in [1.807, 2.05) is 18.5 Å². The summed E-state index contributed by atoms with van der Waals surface area (Å²) in [4.78, 5) is 4.20. The van der Waals surface area contributed by atoms with Gasteiger partial charge in [-0.1, -0.05) is 51.1 Å². The molecular formula is C21H27N. The lowest BCUT2D eigenvalue weighted by atomic mass is 9.68. The minimum Gasteiger partial charge on any atom is -0.264 e. The van der Waals surface area contributed by atoms with E-state index in [0.29, 0.717) is 5.41 Å². The molecule has 1 heterocycles. The standard InChI is InChI=1S/C21H27N/c1-21(2,3)20-12-10-17(11-13-20)16-6-8-18(9-7-16)19-5-4-14-22-15-19/h4-9,14-15,17,20H,10-13H2,1-3H3. The van der Waals surface area contributed by atoms with Gasteiger partial charge in [0, 0.05) is 12.4 Å². The zero-order valence-electron chi connectivity index (χ0n) is 14.0. The second kappa shape index (κ2) is 6.24. The molecule has 3 rings (SSSR count). The summed E-state index contributed by atoms with van der Waals surface area (Å²) in [5.74, 6) is 1.64. The first-order valence-electron chi connectivity index (χ1n) is 8.54. The lowest BCUT2D eigenvalue weighted by molar-refractivity contribution is 0.169. The molecule has 0 bridgehead atoms. The van der Waals surface area contributed by atoms with Crippen LogP contribution in [0, 0.1) is 11.3 Å². The highest BCUT2D eigenvalue weighted by Crippen LogP contribution is 2.43. The molecule has 0 spiro atoms. The largest absolute Gasteiger partial charge is 0.264 e. The highest BCUT2D eigenvalue weighted by molar-refractivity contribution is 5.62.